The third-order valence-electron chi connectivity index (χ3n) is 3.73. The van der Waals surface area contributed by atoms with E-state index in [4.69, 9.17) is 4.74 Å². The number of esters is 1. The number of aryl methyl sites for hydroxylation is 2. The monoisotopic (exact) mass is 361 g/mol. The normalized spacial score (nSPS) is 10.2. The Morgan fingerprint density at radius 3 is 2.68 bits per heavy atom. The number of anilines is 2. The van der Waals surface area contributed by atoms with Gasteiger partial charge in [-0.25, -0.2) is 19.2 Å². The van der Waals surface area contributed by atoms with Crippen molar-refractivity contribution in [1.82, 2.24) is 9.97 Å². The van der Waals surface area contributed by atoms with Crippen molar-refractivity contribution in [2.45, 2.75) is 13.8 Å². The lowest BCUT2D eigenvalue weighted by molar-refractivity contribution is 0.0601. The number of nitrogens with one attached hydrogen (secondary N) is 1. The van der Waals surface area contributed by atoms with E-state index in [9.17, 15) is 9.18 Å². The largest absolute Gasteiger partial charge is 0.465 e. The number of benzene rings is 1. The van der Waals surface area contributed by atoms with Crippen LogP contribution in [0.2, 0.25) is 0 Å². The Kier molecular flexibility index (Phi) is 5.54. The summed E-state index contributed by atoms with van der Waals surface area (Å²) in [5.74, 6) is -0.892. The number of carbonyl (C=O) groups excluding carboxylic acids is 1. The van der Waals surface area contributed by atoms with Crippen molar-refractivity contribution in [2.24, 2.45) is 0 Å². The van der Waals surface area contributed by atoms with Crippen LogP contribution in [0.1, 0.15) is 21.6 Å². The number of rotatable bonds is 3. The van der Waals surface area contributed by atoms with Gasteiger partial charge in [-0.2, -0.15) is 0 Å². The first-order valence-electron chi connectivity index (χ1n) is 7.37. The number of methoxy groups -OCH3 is 1. The number of halogens is 2. The number of ether oxygens (including phenoxy) is 1. The maximum absolute atomic E-state index is 13.6. The zero-order valence-corrected chi connectivity index (χ0v) is 14.8. The van der Waals surface area contributed by atoms with Crippen LogP contribution in [0, 0.1) is 19.7 Å². The van der Waals surface area contributed by atoms with Crippen LogP contribution in [0.5, 0.6) is 0 Å². The van der Waals surface area contributed by atoms with Crippen molar-refractivity contribution in [3.05, 3.63) is 59.2 Å². The summed E-state index contributed by atoms with van der Waals surface area (Å²) in [6.07, 6.45) is 1.41. The first-order chi connectivity index (χ1) is 11.5. The highest BCUT2D eigenvalue weighted by atomic mass is 35.5. The first-order valence-corrected chi connectivity index (χ1v) is 7.37. The molecule has 0 bridgehead atoms. The molecule has 1 N–H and O–H groups in total. The van der Waals surface area contributed by atoms with Gasteiger partial charge in [-0.1, -0.05) is 6.07 Å². The lowest BCUT2D eigenvalue weighted by Crippen LogP contribution is -2.08. The standard InChI is InChI=1S/C18H16FN3O2.ClH/c1-10-4-6-12(19)8-15(10)22-16-13-7-5-11(2)21-17(13)20-9-14(16)18(23)24-3;/h4-9H,1-3H3,(H,20,21,22);1H. The van der Waals surface area contributed by atoms with E-state index in [1.807, 2.05) is 26.0 Å². The highest BCUT2D eigenvalue weighted by Crippen LogP contribution is 2.30. The molecule has 3 aromatic rings. The molecule has 130 valence electrons. The fourth-order valence-corrected chi connectivity index (χ4v) is 2.43. The first kappa shape index (κ1) is 18.6. The molecule has 0 saturated carbocycles. The summed E-state index contributed by atoms with van der Waals surface area (Å²) in [6.45, 7) is 3.71. The summed E-state index contributed by atoms with van der Waals surface area (Å²) in [5, 5.41) is 3.80. The smallest absolute Gasteiger partial charge is 0.341 e. The zero-order chi connectivity index (χ0) is 17.3. The van der Waals surface area contributed by atoms with E-state index in [1.165, 1.54) is 25.4 Å². The molecule has 3 rings (SSSR count). The summed E-state index contributed by atoms with van der Waals surface area (Å²) in [7, 11) is 1.30. The van der Waals surface area contributed by atoms with Crippen LogP contribution in [0.4, 0.5) is 15.8 Å². The van der Waals surface area contributed by atoms with Gasteiger partial charge in [0.05, 0.1) is 12.8 Å². The summed E-state index contributed by atoms with van der Waals surface area (Å²) < 4.78 is 18.4. The van der Waals surface area contributed by atoms with E-state index in [1.54, 1.807) is 6.07 Å². The molecule has 0 fully saturated rings. The molecular formula is C18H17ClFN3O2. The van der Waals surface area contributed by atoms with Crippen molar-refractivity contribution in [1.29, 1.82) is 0 Å². The number of hydrogen-bond donors (Lipinski definition) is 1. The van der Waals surface area contributed by atoms with Crippen LogP contribution in [0.15, 0.2) is 36.5 Å². The fraction of sp³-hybridized carbons (Fsp3) is 0.167. The molecule has 0 aliphatic heterocycles. The zero-order valence-electron chi connectivity index (χ0n) is 14.0. The Morgan fingerprint density at radius 1 is 1.20 bits per heavy atom. The molecule has 0 aliphatic carbocycles. The average molecular weight is 362 g/mol. The molecule has 5 nitrogen and oxygen atoms in total. The molecule has 0 unspecified atom stereocenters. The van der Waals surface area contributed by atoms with Crippen molar-refractivity contribution in [3.63, 3.8) is 0 Å². The number of pyridine rings is 2. The molecule has 7 heteroatoms. The minimum absolute atomic E-state index is 0. The van der Waals surface area contributed by atoms with E-state index < -0.39 is 5.97 Å². The van der Waals surface area contributed by atoms with Gasteiger partial charge in [0.25, 0.3) is 0 Å². The number of nitrogens with zero attached hydrogens (tertiary/aromatic N) is 2. The van der Waals surface area contributed by atoms with Crippen LogP contribution in [-0.4, -0.2) is 23.0 Å². The second kappa shape index (κ2) is 7.44. The second-order valence-electron chi connectivity index (χ2n) is 5.45. The highest BCUT2D eigenvalue weighted by molar-refractivity contribution is 6.05. The van der Waals surface area contributed by atoms with Crippen molar-refractivity contribution >= 4 is 40.8 Å². The number of fused-ring (bicyclic) bond motifs is 1. The predicted octanol–water partition coefficient (Wildman–Crippen LogP) is 4.34. The Hall–Kier alpha value is -2.73. The Morgan fingerprint density at radius 2 is 1.96 bits per heavy atom. The SMILES string of the molecule is COC(=O)c1cnc2nc(C)ccc2c1Nc1cc(F)ccc1C.Cl. The fourth-order valence-electron chi connectivity index (χ4n) is 2.43. The number of aromatic nitrogens is 2. The summed E-state index contributed by atoms with van der Waals surface area (Å²) in [5.41, 5.74) is 3.48. The summed E-state index contributed by atoms with van der Waals surface area (Å²) >= 11 is 0. The van der Waals surface area contributed by atoms with Gasteiger partial charge in [-0.3, -0.25) is 0 Å². The van der Waals surface area contributed by atoms with Gasteiger partial charge in [0.2, 0.25) is 0 Å². The third kappa shape index (κ3) is 3.69. The van der Waals surface area contributed by atoms with Crippen molar-refractivity contribution < 1.29 is 13.9 Å². The van der Waals surface area contributed by atoms with Gasteiger partial charge in [-0.15, -0.1) is 12.4 Å². The molecule has 0 radical (unpaired) electrons. The molecular weight excluding hydrogens is 345 g/mol. The van der Waals surface area contributed by atoms with Gasteiger partial charge in [0.1, 0.15) is 11.4 Å². The Balaban J connectivity index is 0.00000225. The van der Waals surface area contributed by atoms with Crippen LogP contribution in [0.3, 0.4) is 0 Å². The van der Waals surface area contributed by atoms with Crippen molar-refractivity contribution in [3.8, 4) is 0 Å². The van der Waals surface area contributed by atoms with E-state index in [0.29, 0.717) is 22.4 Å². The van der Waals surface area contributed by atoms with Crippen LogP contribution < -0.4 is 5.32 Å². The minimum Gasteiger partial charge on any atom is -0.465 e. The van der Waals surface area contributed by atoms with E-state index >= 15 is 0 Å². The van der Waals surface area contributed by atoms with Gasteiger partial charge in [0.15, 0.2) is 5.65 Å². The maximum atomic E-state index is 13.6. The summed E-state index contributed by atoms with van der Waals surface area (Å²) in [6, 6.07) is 8.09. The number of carbonyl (C=O) groups is 1. The molecule has 2 heterocycles. The Bertz CT molecular complexity index is 947. The molecule has 0 amide bonds. The molecule has 0 saturated heterocycles. The van der Waals surface area contributed by atoms with E-state index in [-0.39, 0.29) is 23.8 Å². The predicted molar refractivity (Wildman–Crippen MR) is 97.3 cm³/mol. The van der Waals surface area contributed by atoms with Crippen LogP contribution >= 0.6 is 12.4 Å². The topological polar surface area (TPSA) is 64.1 Å². The summed E-state index contributed by atoms with van der Waals surface area (Å²) in [4.78, 5) is 20.7. The van der Waals surface area contributed by atoms with E-state index in [0.717, 1.165) is 11.3 Å². The Labute approximate surface area is 150 Å². The van der Waals surface area contributed by atoms with Crippen LogP contribution in [0.25, 0.3) is 11.0 Å². The molecule has 1 aromatic carbocycles. The molecule has 0 aliphatic rings. The average Bonchev–Trinajstić information content (AvgIpc) is 2.57. The van der Waals surface area contributed by atoms with Gasteiger partial charge < -0.3 is 10.1 Å². The van der Waals surface area contributed by atoms with Gasteiger partial charge in [0, 0.05) is 23.0 Å². The molecule has 25 heavy (non-hydrogen) atoms. The molecule has 2 aromatic heterocycles. The van der Waals surface area contributed by atoms with Gasteiger partial charge >= 0.3 is 5.97 Å². The third-order valence-corrected chi connectivity index (χ3v) is 3.73. The second-order valence-corrected chi connectivity index (χ2v) is 5.45. The quantitative estimate of drug-likeness (QED) is 0.703. The molecule has 0 spiro atoms. The lowest BCUT2D eigenvalue weighted by atomic mass is 10.1. The van der Waals surface area contributed by atoms with E-state index in [2.05, 4.69) is 15.3 Å². The number of hydrogen-bond acceptors (Lipinski definition) is 5. The van der Waals surface area contributed by atoms with Gasteiger partial charge in [-0.05, 0) is 43.7 Å². The lowest BCUT2D eigenvalue weighted by Gasteiger charge is -2.15. The van der Waals surface area contributed by atoms with Crippen molar-refractivity contribution in [2.75, 3.05) is 12.4 Å². The van der Waals surface area contributed by atoms with Crippen LogP contribution in [-0.2, 0) is 4.74 Å². The molecule has 0 atom stereocenters. The highest BCUT2D eigenvalue weighted by Gasteiger charge is 2.17. The maximum Gasteiger partial charge on any atom is 0.341 e. The minimum atomic E-state index is -0.526.